The molecule has 0 radical (unpaired) electrons. The molecule has 2 fully saturated rings. The van der Waals surface area contributed by atoms with Gasteiger partial charge in [0.1, 0.15) is 17.4 Å². The summed E-state index contributed by atoms with van der Waals surface area (Å²) in [6.07, 6.45) is 3.99. The minimum atomic E-state index is -0.336. The van der Waals surface area contributed by atoms with Gasteiger partial charge in [-0.1, -0.05) is 5.16 Å². The molecule has 5 rings (SSSR count). The normalized spacial score (nSPS) is 16.4. The average Bonchev–Trinajstić information content (AvgIpc) is 3.55. The van der Waals surface area contributed by atoms with Crippen molar-refractivity contribution in [3.63, 3.8) is 0 Å². The quantitative estimate of drug-likeness (QED) is 0.603. The van der Waals surface area contributed by atoms with E-state index >= 15 is 0 Å². The minimum absolute atomic E-state index is 0.0634. The first-order chi connectivity index (χ1) is 15.2. The lowest BCUT2D eigenvalue weighted by Crippen LogP contribution is -2.50. The predicted molar refractivity (Wildman–Crippen MR) is 110 cm³/mol. The third-order valence-corrected chi connectivity index (χ3v) is 5.51. The van der Waals surface area contributed by atoms with Gasteiger partial charge >= 0.3 is 0 Å². The molecule has 1 amide bonds. The largest absolute Gasteiger partial charge is 0.484 e. The van der Waals surface area contributed by atoms with Crippen LogP contribution in [0.4, 0.5) is 10.2 Å². The second kappa shape index (κ2) is 8.33. The molecule has 1 aromatic carbocycles. The van der Waals surface area contributed by atoms with E-state index in [1.807, 2.05) is 12.1 Å². The molecule has 1 aliphatic heterocycles. The van der Waals surface area contributed by atoms with Gasteiger partial charge in [-0.3, -0.25) is 4.79 Å². The molecule has 8 nitrogen and oxygen atoms in total. The molecule has 3 aromatic rings. The molecule has 0 bridgehead atoms. The van der Waals surface area contributed by atoms with Crippen LogP contribution in [0.25, 0.3) is 11.4 Å². The van der Waals surface area contributed by atoms with Crippen LogP contribution in [0.3, 0.4) is 0 Å². The second-order valence-electron chi connectivity index (χ2n) is 7.75. The Morgan fingerprint density at radius 3 is 2.55 bits per heavy atom. The molecule has 9 heteroatoms. The number of carbonyl (C=O) groups is 1. The van der Waals surface area contributed by atoms with Crippen LogP contribution in [-0.4, -0.2) is 58.7 Å². The fourth-order valence-corrected chi connectivity index (χ4v) is 3.51. The van der Waals surface area contributed by atoms with Gasteiger partial charge in [0.25, 0.3) is 5.91 Å². The highest BCUT2D eigenvalue weighted by molar-refractivity contribution is 5.78. The van der Waals surface area contributed by atoms with Crippen molar-refractivity contribution in [3.05, 3.63) is 54.3 Å². The Kier molecular flexibility index (Phi) is 5.23. The monoisotopic (exact) mass is 423 g/mol. The van der Waals surface area contributed by atoms with Crippen LogP contribution < -0.4 is 9.64 Å². The van der Waals surface area contributed by atoms with Crippen molar-refractivity contribution in [1.29, 1.82) is 0 Å². The molecule has 0 atom stereocenters. The molecule has 1 saturated heterocycles. The van der Waals surface area contributed by atoms with Crippen LogP contribution in [-0.2, 0) is 4.79 Å². The summed E-state index contributed by atoms with van der Waals surface area (Å²) >= 11 is 0. The smallest absolute Gasteiger partial charge is 0.260 e. The number of rotatable bonds is 6. The first-order valence-corrected chi connectivity index (χ1v) is 10.4. The van der Waals surface area contributed by atoms with E-state index in [0.717, 1.165) is 24.2 Å². The zero-order valence-corrected chi connectivity index (χ0v) is 16.9. The fraction of sp³-hybridized carbons (Fsp3) is 0.364. The summed E-state index contributed by atoms with van der Waals surface area (Å²) in [5.74, 6) is 2.61. The van der Waals surface area contributed by atoms with Crippen molar-refractivity contribution in [2.75, 3.05) is 37.7 Å². The van der Waals surface area contributed by atoms with Crippen molar-refractivity contribution in [2.45, 2.75) is 18.8 Å². The number of hydrogen-bond donors (Lipinski definition) is 0. The highest BCUT2D eigenvalue weighted by Crippen LogP contribution is 2.39. The Morgan fingerprint density at radius 2 is 1.87 bits per heavy atom. The Labute approximate surface area is 178 Å². The van der Waals surface area contributed by atoms with Gasteiger partial charge in [-0.25, -0.2) is 9.37 Å². The molecule has 160 valence electrons. The Balaban J connectivity index is 1.12. The fourth-order valence-electron chi connectivity index (χ4n) is 3.51. The summed E-state index contributed by atoms with van der Waals surface area (Å²) in [5.41, 5.74) is 0.825. The van der Waals surface area contributed by atoms with E-state index in [1.54, 1.807) is 11.1 Å². The lowest BCUT2D eigenvalue weighted by atomic mass is 10.2. The number of amides is 1. The van der Waals surface area contributed by atoms with E-state index in [2.05, 4.69) is 20.0 Å². The van der Waals surface area contributed by atoms with Crippen molar-refractivity contribution in [2.24, 2.45) is 0 Å². The molecule has 31 heavy (non-hydrogen) atoms. The lowest BCUT2D eigenvalue weighted by molar-refractivity contribution is -0.133. The van der Waals surface area contributed by atoms with E-state index in [1.165, 1.54) is 24.3 Å². The molecular formula is C22H22FN5O3. The van der Waals surface area contributed by atoms with E-state index in [4.69, 9.17) is 9.26 Å². The molecular weight excluding hydrogens is 401 g/mol. The second-order valence-corrected chi connectivity index (χ2v) is 7.75. The minimum Gasteiger partial charge on any atom is -0.484 e. The Hall–Kier alpha value is -3.49. The third kappa shape index (κ3) is 4.50. The number of hydrogen-bond acceptors (Lipinski definition) is 7. The van der Waals surface area contributed by atoms with Gasteiger partial charge in [-0.15, -0.1) is 0 Å². The van der Waals surface area contributed by atoms with Gasteiger partial charge < -0.3 is 19.1 Å². The molecule has 0 spiro atoms. The van der Waals surface area contributed by atoms with Gasteiger partial charge in [-0.2, -0.15) is 4.98 Å². The summed E-state index contributed by atoms with van der Waals surface area (Å²) in [4.78, 5) is 25.3. The zero-order chi connectivity index (χ0) is 21.2. The number of benzene rings is 1. The number of pyridine rings is 1. The maximum Gasteiger partial charge on any atom is 0.260 e. The third-order valence-electron chi connectivity index (χ3n) is 5.51. The topological polar surface area (TPSA) is 84.6 Å². The van der Waals surface area contributed by atoms with E-state index in [0.29, 0.717) is 49.6 Å². The van der Waals surface area contributed by atoms with E-state index in [-0.39, 0.29) is 18.3 Å². The van der Waals surface area contributed by atoms with Crippen molar-refractivity contribution < 1.29 is 18.4 Å². The molecule has 2 aromatic heterocycles. The van der Waals surface area contributed by atoms with Crippen molar-refractivity contribution in [3.8, 4) is 17.1 Å². The van der Waals surface area contributed by atoms with Gasteiger partial charge in [0.15, 0.2) is 6.61 Å². The SMILES string of the molecule is O=C(COc1ccc(F)cc1)N1CCN(c2ccc(-c3noc(C4CC4)n3)cn2)CC1. The maximum atomic E-state index is 12.9. The van der Waals surface area contributed by atoms with Crippen LogP contribution in [0.15, 0.2) is 47.1 Å². The lowest BCUT2D eigenvalue weighted by Gasteiger charge is -2.35. The van der Waals surface area contributed by atoms with Gasteiger partial charge in [0, 0.05) is 43.9 Å². The maximum absolute atomic E-state index is 12.9. The van der Waals surface area contributed by atoms with Crippen molar-refractivity contribution in [1.82, 2.24) is 20.0 Å². The predicted octanol–water partition coefficient (Wildman–Crippen LogP) is 2.88. The number of ether oxygens (including phenoxy) is 1. The number of anilines is 1. The highest BCUT2D eigenvalue weighted by Gasteiger charge is 2.30. The molecule has 0 unspecified atom stereocenters. The number of aromatic nitrogens is 3. The van der Waals surface area contributed by atoms with Crippen LogP contribution in [0, 0.1) is 5.82 Å². The summed E-state index contributed by atoms with van der Waals surface area (Å²) in [7, 11) is 0. The summed E-state index contributed by atoms with van der Waals surface area (Å²) in [6.45, 7) is 2.48. The van der Waals surface area contributed by atoms with E-state index < -0.39 is 0 Å². The molecule has 1 saturated carbocycles. The van der Waals surface area contributed by atoms with Gasteiger partial charge in [0.05, 0.1) is 0 Å². The van der Waals surface area contributed by atoms with Crippen LogP contribution in [0.2, 0.25) is 0 Å². The van der Waals surface area contributed by atoms with Gasteiger partial charge in [0.2, 0.25) is 11.7 Å². The molecule has 2 aliphatic rings. The number of nitrogens with zero attached hydrogens (tertiary/aromatic N) is 5. The molecule has 1 aliphatic carbocycles. The van der Waals surface area contributed by atoms with Crippen molar-refractivity contribution >= 4 is 11.7 Å². The highest BCUT2D eigenvalue weighted by atomic mass is 19.1. The number of piperazine rings is 1. The Bertz CT molecular complexity index is 1040. The van der Waals surface area contributed by atoms with Gasteiger partial charge in [-0.05, 0) is 49.2 Å². The number of halogens is 1. The van der Waals surface area contributed by atoms with Crippen LogP contribution in [0.1, 0.15) is 24.7 Å². The molecule has 3 heterocycles. The average molecular weight is 423 g/mol. The first kappa shape index (κ1) is 19.5. The van der Waals surface area contributed by atoms with Crippen LogP contribution >= 0.6 is 0 Å². The summed E-state index contributed by atoms with van der Waals surface area (Å²) in [6, 6.07) is 9.52. The first-order valence-electron chi connectivity index (χ1n) is 10.4. The Morgan fingerprint density at radius 1 is 1.10 bits per heavy atom. The summed E-state index contributed by atoms with van der Waals surface area (Å²) < 4.78 is 23.7. The molecule has 0 N–H and O–H groups in total. The standard InChI is InChI=1S/C22H22FN5O3/c23-17-4-6-18(7-5-17)30-14-20(29)28-11-9-27(10-12-28)19-8-3-16(13-24-19)21-25-22(31-26-21)15-1-2-15/h3-8,13,15H,1-2,9-12,14H2. The van der Waals surface area contributed by atoms with E-state index in [9.17, 15) is 9.18 Å². The summed E-state index contributed by atoms with van der Waals surface area (Å²) in [5, 5.41) is 4.05. The zero-order valence-electron chi connectivity index (χ0n) is 16.9. The number of carbonyl (C=O) groups excluding carboxylic acids is 1. The van der Waals surface area contributed by atoms with Crippen LogP contribution in [0.5, 0.6) is 5.75 Å².